The van der Waals surface area contributed by atoms with E-state index in [4.69, 9.17) is 10.1 Å². The summed E-state index contributed by atoms with van der Waals surface area (Å²) in [5.41, 5.74) is -0.210. The monoisotopic (exact) mass is 480 g/mol. The smallest absolute Gasteiger partial charge is 0.275 e. The van der Waals surface area contributed by atoms with Crippen LogP contribution in [0, 0.1) is 18.3 Å². The number of allylic oxidation sites excluding steroid dienone is 3. The molecule has 2 atom stereocenters. The third kappa shape index (κ3) is 4.36. The van der Waals surface area contributed by atoms with E-state index >= 15 is 4.39 Å². The zero-order valence-electron chi connectivity index (χ0n) is 19.5. The lowest BCUT2D eigenvalue weighted by atomic mass is 9.78. The second-order valence-corrected chi connectivity index (χ2v) is 11.6. The van der Waals surface area contributed by atoms with Crippen molar-refractivity contribution in [3.05, 3.63) is 41.3 Å². The van der Waals surface area contributed by atoms with Crippen molar-refractivity contribution in [2.24, 2.45) is 5.92 Å². The maximum atomic E-state index is 15.0. The molecule has 0 saturated carbocycles. The summed E-state index contributed by atoms with van der Waals surface area (Å²) >= 11 is 0. The molecule has 3 rings (SSSR count). The normalized spacial score (nSPS) is 27.0. The number of aromatic nitrogens is 2. The quantitative estimate of drug-likeness (QED) is 0.596. The number of aryl methyl sites for hydroxylation is 1. The highest BCUT2D eigenvalue weighted by molar-refractivity contribution is 7.91. The molecule has 0 spiro atoms. The van der Waals surface area contributed by atoms with Crippen molar-refractivity contribution in [3.8, 4) is 5.88 Å². The fourth-order valence-corrected chi connectivity index (χ4v) is 5.56. The molecule has 0 radical (unpaired) electrons. The number of nitrogens with one attached hydrogen (secondary N) is 3. The number of methoxy groups -OCH3 is 1. The van der Waals surface area contributed by atoms with E-state index in [1.807, 2.05) is 0 Å². The van der Waals surface area contributed by atoms with Crippen molar-refractivity contribution in [2.75, 3.05) is 20.7 Å². The minimum absolute atomic E-state index is 0.0582. The lowest BCUT2D eigenvalue weighted by Crippen LogP contribution is -2.57. The minimum Gasteiger partial charge on any atom is -0.480 e. The first-order chi connectivity index (χ1) is 15.2. The van der Waals surface area contributed by atoms with Crippen molar-refractivity contribution >= 4 is 21.8 Å². The number of rotatable bonds is 4. The lowest BCUT2D eigenvalue weighted by molar-refractivity contribution is 0.0954. The van der Waals surface area contributed by atoms with E-state index in [1.54, 1.807) is 13.8 Å². The average Bonchev–Trinajstić information content (AvgIpc) is 2.77. The molecule has 1 saturated heterocycles. The van der Waals surface area contributed by atoms with Crippen molar-refractivity contribution in [2.45, 2.75) is 44.4 Å². The Hall–Kier alpha value is -2.86. The number of hydrogen-bond acceptors (Lipinski definition) is 7. The number of hydrogen-bond donors (Lipinski definition) is 3. The first kappa shape index (κ1) is 24.8. The molecule has 2 heterocycles. The summed E-state index contributed by atoms with van der Waals surface area (Å²) < 4.78 is 45.5. The van der Waals surface area contributed by atoms with Gasteiger partial charge in [0, 0.05) is 25.2 Å². The molecule has 2 aliphatic rings. The number of likely N-dealkylation sites (N-methyl/N-ethyl adjacent to an activating group) is 1. The SMILES string of the molecule is COc1cnc(C(=O)NC2=CC=C(F)C([C@]3(C)CN(C)S(=O)(=O)C(C)(C)C(=N)N3)C2)c(C)n1. The summed E-state index contributed by atoms with van der Waals surface area (Å²) in [6, 6.07) is 0. The predicted octanol–water partition coefficient (Wildman–Crippen LogP) is 1.66. The van der Waals surface area contributed by atoms with Gasteiger partial charge in [0.2, 0.25) is 15.9 Å². The first-order valence-corrected chi connectivity index (χ1v) is 11.8. The number of halogens is 1. The average molecular weight is 481 g/mol. The summed E-state index contributed by atoms with van der Waals surface area (Å²) in [6.07, 6.45) is 4.13. The minimum atomic E-state index is -3.84. The standard InChI is InChI=1S/C21H29FN6O4S/c1-12-17(24-10-16(25-12)32-6)18(29)26-13-7-8-15(22)14(9-13)21(4)11-28(5)33(30,31)20(2,3)19(23)27-21/h7-8,10,14H,9,11H2,1-6H3,(H2,23,27)(H,26,29)/t14?,21-/m0/s1. The maximum Gasteiger partial charge on any atom is 0.275 e. The molecule has 12 heteroatoms. The van der Waals surface area contributed by atoms with Crippen molar-refractivity contribution in [1.82, 2.24) is 24.9 Å². The van der Waals surface area contributed by atoms with Gasteiger partial charge in [0.05, 0.1) is 24.5 Å². The van der Waals surface area contributed by atoms with Crippen LogP contribution in [0.3, 0.4) is 0 Å². The zero-order chi connectivity index (χ0) is 24.8. The van der Waals surface area contributed by atoms with Gasteiger partial charge in [-0.05, 0) is 46.3 Å². The highest BCUT2D eigenvalue weighted by Gasteiger charge is 2.52. The third-order valence-corrected chi connectivity index (χ3v) is 8.66. The molecule has 1 aromatic rings. The summed E-state index contributed by atoms with van der Waals surface area (Å²) in [5.74, 6) is -1.74. The number of sulfonamides is 1. The molecular weight excluding hydrogens is 451 g/mol. The van der Waals surface area contributed by atoms with Gasteiger partial charge in [-0.1, -0.05) is 0 Å². The van der Waals surface area contributed by atoms with Gasteiger partial charge >= 0.3 is 0 Å². The van der Waals surface area contributed by atoms with Crippen LogP contribution in [0.1, 0.15) is 43.4 Å². The van der Waals surface area contributed by atoms with E-state index < -0.39 is 38.0 Å². The van der Waals surface area contributed by atoms with Crippen molar-refractivity contribution < 1.29 is 22.3 Å². The third-order valence-electron chi connectivity index (χ3n) is 6.21. The largest absolute Gasteiger partial charge is 0.480 e. The van der Waals surface area contributed by atoms with Crippen LogP contribution in [0.4, 0.5) is 4.39 Å². The van der Waals surface area contributed by atoms with E-state index in [-0.39, 0.29) is 30.4 Å². The molecule has 1 amide bonds. The Kier molecular flexibility index (Phi) is 6.37. The highest BCUT2D eigenvalue weighted by Crippen LogP contribution is 2.38. The van der Waals surface area contributed by atoms with Gasteiger partial charge in [-0.3, -0.25) is 10.2 Å². The van der Waals surface area contributed by atoms with Gasteiger partial charge in [-0.25, -0.2) is 27.1 Å². The van der Waals surface area contributed by atoms with Gasteiger partial charge in [0.25, 0.3) is 5.91 Å². The fourth-order valence-electron chi connectivity index (χ4n) is 4.03. The molecule has 33 heavy (non-hydrogen) atoms. The Morgan fingerprint density at radius 3 is 2.64 bits per heavy atom. The number of amidine groups is 1. The molecule has 0 aromatic carbocycles. The van der Waals surface area contributed by atoms with Crippen LogP contribution in [0.25, 0.3) is 0 Å². The Bertz CT molecular complexity index is 1160. The number of ether oxygens (including phenoxy) is 1. The molecule has 1 fully saturated rings. The van der Waals surface area contributed by atoms with Crippen LogP contribution in [0.15, 0.2) is 29.9 Å². The summed E-state index contributed by atoms with van der Waals surface area (Å²) in [7, 11) is -0.970. The van der Waals surface area contributed by atoms with Crippen LogP contribution in [0.5, 0.6) is 5.88 Å². The molecule has 0 bridgehead atoms. The Labute approximate surface area is 192 Å². The topological polar surface area (TPSA) is 137 Å². The lowest BCUT2D eigenvalue weighted by Gasteiger charge is -2.40. The van der Waals surface area contributed by atoms with Crippen LogP contribution in [-0.2, 0) is 10.0 Å². The van der Waals surface area contributed by atoms with Crippen LogP contribution < -0.4 is 15.4 Å². The molecule has 1 aliphatic carbocycles. The molecular formula is C21H29FN6O4S. The maximum absolute atomic E-state index is 15.0. The summed E-state index contributed by atoms with van der Waals surface area (Å²) in [5, 5.41) is 14.1. The molecule has 1 unspecified atom stereocenters. The molecule has 3 N–H and O–H groups in total. The van der Waals surface area contributed by atoms with Crippen molar-refractivity contribution in [1.29, 1.82) is 5.41 Å². The summed E-state index contributed by atoms with van der Waals surface area (Å²) in [6.45, 7) is 6.13. The highest BCUT2D eigenvalue weighted by atomic mass is 32.2. The van der Waals surface area contributed by atoms with Crippen LogP contribution in [0.2, 0.25) is 0 Å². The van der Waals surface area contributed by atoms with Crippen LogP contribution in [-0.4, -0.2) is 65.4 Å². The van der Waals surface area contributed by atoms with Crippen molar-refractivity contribution in [3.63, 3.8) is 0 Å². The van der Waals surface area contributed by atoms with Crippen LogP contribution >= 0.6 is 0 Å². The molecule has 1 aliphatic heterocycles. The fraction of sp³-hybridized carbons (Fsp3) is 0.524. The molecule has 1 aromatic heterocycles. The molecule has 10 nitrogen and oxygen atoms in total. The number of amides is 1. The second-order valence-electron chi connectivity index (χ2n) is 8.99. The van der Waals surface area contributed by atoms with Gasteiger partial charge in [0.15, 0.2) is 0 Å². The van der Waals surface area contributed by atoms with E-state index in [0.29, 0.717) is 11.4 Å². The molecule has 180 valence electrons. The first-order valence-electron chi connectivity index (χ1n) is 10.3. The Balaban J connectivity index is 1.85. The van der Waals surface area contributed by atoms with E-state index in [0.717, 1.165) is 4.31 Å². The van der Waals surface area contributed by atoms with E-state index in [2.05, 4.69) is 20.6 Å². The summed E-state index contributed by atoms with van der Waals surface area (Å²) in [4.78, 5) is 21.0. The van der Waals surface area contributed by atoms with Gasteiger partial charge in [-0.15, -0.1) is 0 Å². The number of carbonyl (C=O) groups excluding carboxylic acids is 1. The van der Waals surface area contributed by atoms with Gasteiger partial charge < -0.3 is 15.4 Å². The number of nitrogens with zero attached hydrogens (tertiary/aromatic N) is 3. The second kappa shape index (κ2) is 8.49. The van der Waals surface area contributed by atoms with E-state index in [1.165, 1.54) is 46.4 Å². The van der Waals surface area contributed by atoms with E-state index in [9.17, 15) is 13.2 Å². The predicted molar refractivity (Wildman–Crippen MR) is 121 cm³/mol. The van der Waals surface area contributed by atoms with Gasteiger partial charge in [-0.2, -0.15) is 0 Å². The number of carbonyl (C=O) groups is 1. The Morgan fingerprint density at radius 1 is 1.36 bits per heavy atom. The zero-order valence-corrected chi connectivity index (χ0v) is 20.3. The van der Waals surface area contributed by atoms with Gasteiger partial charge in [0.1, 0.15) is 22.1 Å². The Morgan fingerprint density at radius 2 is 2.03 bits per heavy atom.